The van der Waals surface area contributed by atoms with Crippen molar-refractivity contribution in [2.45, 2.75) is 18.8 Å². The summed E-state index contributed by atoms with van der Waals surface area (Å²) in [6, 6.07) is 20.4. The Morgan fingerprint density at radius 1 is 1.00 bits per heavy atom. The van der Waals surface area contributed by atoms with Crippen LogP contribution in [0.25, 0.3) is 10.8 Å². The molecule has 2 aliphatic carbocycles. The molecule has 0 aliphatic heterocycles. The monoisotopic (exact) mass is 336 g/mol. The highest BCUT2D eigenvalue weighted by atomic mass is 14.7. The Kier molecular flexibility index (Phi) is 3.54. The maximum atomic E-state index is 10.0. The van der Waals surface area contributed by atoms with Crippen molar-refractivity contribution in [3.8, 4) is 18.2 Å². The molecule has 0 amide bonds. The molecule has 0 spiro atoms. The van der Waals surface area contributed by atoms with Gasteiger partial charge in [0.2, 0.25) is 0 Å². The van der Waals surface area contributed by atoms with Gasteiger partial charge in [-0.15, -0.1) is 0 Å². The quantitative estimate of drug-likeness (QED) is 0.849. The smallest absolute Gasteiger partial charge is 0.191 e. The number of nitrogens with zero attached hydrogens (tertiary/aromatic N) is 3. The highest BCUT2D eigenvalue weighted by Gasteiger charge is 2.54. The predicted octanol–water partition coefficient (Wildman–Crippen LogP) is 4.04. The Bertz CT molecular complexity index is 1080. The van der Waals surface area contributed by atoms with E-state index in [9.17, 15) is 15.8 Å². The lowest BCUT2D eigenvalue weighted by Crippen LogP contribution is -2.41. The highest BCUT2D eigenvalue weighted by molar-refractivity contribution is 5.87. The first-order valence-corrected chi connectivity index (χ1v) is 8.59. The van der Waals surface area contributed by atoms with Gasteiger partial charge in [0.15, 0.2) is 5.41 Å². The third kappa shape index (κ3) is 1.92. The van der Waals surface area contributed by atoms with Crippen molar-refractivity contribution in [3.63, 3.8) is 0 Å². The van der Waals surface area contributed by atoms with Crippen molar-refractivity contribution in [1.29, 1.82) is 15.8 Å². The summed E-state index contributed by atoms with van der Waals surface area (Å²) < 4.78 is 0. The van der Waals surface area contributed by atoms with Crippen LogP contribution >= 0.6 is 0 Å². The van der Waals surface area contributed by atoms with Gasteiger partial charge in [-0.05, 0) is 40.7 Å². The first kappa shape index (κ1) is 15.9. The molecule has 0 fully saturated rings. The van der Waals surface area contributed by atoms with Gasteiger partial charge < -0.3 is 5.73 Å². The van der Waals surface area contributed by atoms with Gasteiger partial charge >= 0.3 is 0 Å². The second-order valence-electron chi connectivity index (χ2n) is 6.82. The van der Waals surface area contributed by atoms with Crippen LogP contribution in [0.3, 0.4) is 0 Å². The van der Waals surface area contributed by atoms with Crippen LogP contribution in [0, 0.1) is 45.3 Å². The van der Waals surface area contributed by atoms with E-state index < -0.39 is 11.3 Å². The van der Waals surface area contributed by atoms with Crippen molar-refractivity contribution in [2.75, 3.05) is 0 Å². The zero-order valence-corrected chi connectivity index (χ0v) is 14.1. The molecule has 0 radical (unpaired) electrons. The van der Waals surface area contributed by atoms with Gasteiger partial charge in [-0.3, -0.25) is 0 Å². The number of fused-ring (bicyclic) bond motifs is 2. The molecule has 2 aromatic rings. The summed E-state index contributed by atoms with van der Waals surface area (Å²) in [5, 5.41) is 31.8. The Hall–Kier alpha value is -3.55. The van der Waals surface area contributed by atoms with Crippen molar-refractivity contribution in [2.24, 2.45) is 17.1 Å². The number of benzene rings is 2. The third-order valence-electron chi connectivity index (χ3n) is 5.72. The number of rotatable bonds is 1. The average molecular weight is 336 g/mol. The SMILES string of the molecule is N#CC1=C(N)C(C#N)(C#N)C(c2cccc3ccccc23)C2CCC=C12. The van der Waals surface area contributed by atoms with E-state index in [2.05, 4.69) is 18.2 Å². The molecule has 0 bridgehead atoms. The molecular formula is C22H16N4. The van der Waals surface area contributed by atoms with E-state index in [1.54, 1.807) is 0 Å². The molecule has 2 aliphatic rings. The predicted molar refractivity (Wildman–Crippen MR) is 98.0 cm³/mol. The van der Waals surface area contributed by atoms with Gasteiger partial charge in [-0.2, -0.15) is 15.8 Å². The normalized spacial score (nSPS) is 23.5. The van der Waals surface area contributed by atoms with Gasteiger partial charge in [-0.1, -0.05) is 48.5 Å². The van der Waals surface area contributed by atoms with Gasteiger partial charge in [0.1, 0.15) is 6.07 Å². The minimum atomic E-state index is -1.54. The summed E-state index contributed by atoms with van der Waals surface area (Å²) in [7, 11) is 0. The molecule has 4 rings (SSSR count). The number of nitriles is 3. The summed E-state index contributed by atoms with van der Waals surface area (Å²) in [5.41, 5.74) is 6.99. The molecule has 4 nitrogen and oxygen atoms in total. The van der Waals surface area contributed by atoms with Crippen molar-refractivity contribution in [1.82, 2.24) is 0 Å². The van der Waals surface area contributed by atoms with Gasteiger partial charge in [0, 0.05) is 5.92 Å². The minimum absolute atomic E-state index is 0.0537. The Balaban J connectivity index is 2.08. The molecule has 2 unspecified atom stereocenters. The second-order valence-corrected chi connectivity index (χ2v) is 6.82. The topological polar surface area (TPSA) is 97.4 Å². The lowest BCUT2D eigenvalue weighted by atomic mass is 9.58. The van der Waals surface area contributed by atoms with E-state index in [0.717, 1.165) is 34.8 Å². The zero-order valence-electron chi connectivity index (χ0n) is 14.1. The third-order valence-corrected chi connectivity index (χ3v) is 5.72. The fourth-order valence-corrected chi connectivity index (χ4v) is 4.56. The molecule has 2 N–H and O–H groups in total. The van der Waals surface area contributed by atoms with Crippen molar-refractivity contribution < 1.29 is 0 Å². The van der Waals surface area contributed by atoms with E-state index in [1.807, 2.05) is 48.5 Å². The van der Waals surface area contributed by atoms with E-state index in [-0.39, 0.29) is 11.6 Å². The number of hydrogen-bond acceptors (Lipinski definition) is 4. The van der Waals surface area contributed by atoms with Crippen LogP contribution in [-0.2, 0) is 0 Å². The number of nitrogens with two attached hydrogens (primary N) is 1. The summed E-state index contributed by atoms with van der Waals surface area (Å²) in [4.78, 5) is 0. The van der Waals surface area contributed by atoms with Gasteiger partial charge in [-0.25, -0.2) is 0 Å². The lowest BCUT2D eigenvalue weighted by Gasteiger charge is -2.40. The molecule has 0 heterocycles. The minimum Gasteiger partial charge on any atom is -0.399 e. The average Bonchev–Trinajstić information content (AvgIpc) is 3.16. The van der Waals surface area contributed by atoms with E-state index >= 15 is 0 Å². The van der Waals surface area contributed by atoms with Crippen LogP contribution in [0.1, 0.15) is 24.3 Å². The van der Waals surface area contributed by atoms with Crippen LogP contribution < -0.4 is 5.73 Å². The molecule has 26 heavy (non-hydrogen) atoms. The molecule has 124 valence electrons. The Labute approximate surface area is 152 Å². The van der Waals surface area contributed by atoms with Crippen molar-refractivity contribution in [3.05, 3.63) is 70.9 Å². The Morgan fingerprint density at radius 2 is 1.73 bits per heavy atom. The van der Waals surface area contributed by atoms with Crippen molar-refractivity contribution >= 4 is 10.8 Å². The number of hydrogen-bond donors (Lipinski definition) is 1. The Morgan fingerprint density at radius 3 is 2.46 bits per heavy atom. The molecule has 0 aromatic heterocycles. The van der Waals surface area contributed by atoms with Gasteiger partial charge in [0.05, 0.1) is 23.4 Å². The first-order chi connectivity index (χ1) is 12.7. The van der Waals surface area contributed by atoms with Crippen LogP contribution in [-0.4, -0.2) is 0 Å². The standard InChI is InChI=1S/C22H16N4/c23-11-19-16-8-4-10-18(16)20(22(12-24,13-25)21(19)26)17-9-3-6-14-5-1-2-7-15(14)17/h1-3,5-9,18,20H,4,10,26H2. The maximum absolute atomic E-state index is 10.0. The fraction of sp³-hybridized carbons (Fsp3) is 0.227. The first-order valence-electron chi connectivity index (χ1n) is 8.59. The molecular weight excluding hydrogens is 320 g/mol. The summed E-state index contributed by atoms with van der Waals surface area (Å²) in [6.45, 7) is 0. The fourth-order valence-electron chi connectivity index (χ4n) is 4.56. The van der Waals surface area contributed by atoms with Crippen LogP contribution in [0.2, 0.25) is 0 Å². The van der Waals surface area contributed by atoms with E-state index in [0.29, 0.717) is 5.57 Å². The van der Waals surface area contributed by atoms with Crippen LogP contribution in [0.15, 0.2) is 65.4 Å². The summed E-state index contributed by atoms with van der Waals surface area (Å²) in [6.07, 6.45) is 3.67. The second kappa shape index (κ2) is 5.76. The molecule has 0 saturated carbocycles. The van der Waals surface area contributed by atoms with Crippen LogP contribution in [0.5, 0.6) is 0 Å². The molecule has 0 saturated heterocycles. The largest absolute Gasteiger partial charge is 0.399 e. The summed E-state index contributed by atoms with van der Waals surface area (Å²) >= 11 is 0. The van der Waals surface area contributed by atoms with Crippen LogP contribution in [0.4, 0.5) is 0 Å². The maximum Gasteiger partial charge on any atom is 0.191 e. The molecule has 2 aromatic carbocycles. The lowest BCUT2D eigenvalue weighted by molar-refractivity contribution is 0.347. The molecule has 2 atom stereocenters. The zero-order chi connectivity index (χ0) is 18.3. The molecule has 4 heteroatoms. The summed E-state index contributed by atoms with van der Waals surface area (Å²) in [5.74, 6) is -0.448. The van der Waals surface area contributed by atoms with E-state index in [1.165, 1.54) is 0 Å². The van der Waals surface area contributed by atoms with Gasteiger partial charge in [0.25, 0.3) is 0 Å². The number of allylic oxidation sites excluding steroid dienone is 4. The van der Waals surface area contributed by atoms with E-state index in [4.69, 9.17) is 5.73 Å². The highest BCUT2D eigenvalue weighted by Crippen LogP contribution is 2.57.